The number of aromatic nitrogens is 3. The molecule has 35 heavy (non-hydrogen) atoms. The van der Waals surface area contributed by atoms with Crippen LogP contribution in [0.15, 0.2) is 53.3 Å². The SMILES string of the molecule is COc1ccc(Cc2c(C)[nH]c3c(N4CCCCC4)c(-c4ccccc4)nn3c2=O)cc1C1CC1. The third-order valence-electron chi connectivity index (χ3n) is 7.48. The summed E-state index contributed by atoms with van der Waals surface area (Å²) < 4.78 is 7.18. The second kappa shape index (κ2) is 8.91. The van der Waals surface area contributed by atoms with Gasteiger partial charge >= 0.3 is 0 Å². The average molecular weight is 469 g/mol. The molecule has 180 valence electrons. The van der Waals surface area contributed by atoms with E-state index in [-0.39, 0.29) is 5.56 Å². The molecular weight excluding hydrogens is 436 g/mol. The molecule has 1 aliphatic carbocycles. The number of ether oxygens (including phenoxy) is 1. The van der Waals surface area contributed by atoms with Gasteiger partial charge in [0.05, 0.1) is 7.11 Å². The maximum atomic E-state index is 13.8. The van der Waals surface area contributed by atoms with Gasteiger partial charge in [-0.2, -0.15) is 9.61 Å². The van der Waals surface area contributed by atoms with Crippen LogP contribution in [0.3, 0.4) is 0 Å². The number of H-pyrrole nitrogens is 1. The standard InChI is InChI=1S/C29H32N4O2/c1-19-23(17-20-11-14-25(35-2)24(18-20)21-12-13-21)29(34)33-28(30-19)27(32-15-7-4-8-16-32)26(31-33)22-9-5-3-6-10-22/h3,5-6,9-11,14,18,21,30H,4,7-8,12-13,15-17H2,1-2H3. The number of aryl methyl sites for hydroxylation is 1. The van der Waals surface area contributed by atoms with Gasteiger partial charge in [-0.05, 0) is 62.1 Å². The minimum atomic E-state index is -0.0412. The molecule has 0 radical (unpaired) electrons. The van der Waals surface area contributed by atoms with E-state index in [4.69, 9.17) is 9.84 Å². The highest BCUT2D eigenvalue weighted by molar-refractivity contribution is 5.86. The van der Waals surface area contributed by atoms with E-state index in [1.54, 1.807) is 11.6 Å². The Kier molecular flexibility index (Phi) is 5.59. The molecule has 1 aliphatic heterocycles. The molecule has 2 aliphatic rings. The predicted molar refractivity (Wildman–Crippen MR) is 140 cm³/mol. The van der Waals surface area contributed by atoms with Crippen LogP contribution in [-0.4, -0.2) is 34.8 Å². The molecule has 1 saturated carbocycles. The maximum Gasteiger partial charge on any atom is 0.278 e. The largest absolute Gasteiger partial charge is 0.496 e. The van der Waals surface area contributed by atoms with Crippen LogP contribution in [0, 0.1) is 6.92 Å². The Bertz CT molecular complexity index is 1430. The molecular formula is C29H32N4O2. The molecule has 3 heterocycles. The third kappa shape index (κ3) is 4.01. The van der Waals surface area contributed by atoms with Gasteiger partial charge in [0.2, 0.25) is 0 Å². The van der Waals surface area contributed by atoms with Gasteiger partial charge in [-0.3, -0.25) is 4.79 Å². The fourth-order valence-corrected chi connectivity index (χ4v) is 5.44. The van der Waals surface area contributed by atoms with Crippen molar-refractivity contribution in [1.82, 2.24) is 14.6 Å². The van der Waals surface area contributed by atoms with E-state index < -0.39 is 0 Å². The lowest BCUT2D eigenvalue weighted by Gasteiger charge is -2.28. The lowest BCUT2D eigenvalue weighted by Crippen LogP contribution is -2.30. The minimum absolute atomic E-state index is 0.0412. The number of methoxy groups -OCH3 is 1. The topological polar surface area (TPSA) is 62.6 Å². The van der Waals surface area contributed by atoms with Crippen molar-refractivity contribution in [2.75, 3.05) is 25.1 Å². The number of nitrogens with one attached hydrogen (secondary N) is 1. The van der Waals surface area contributed by atoms with E-state index in [9.17, 15) is 4.79 Å². The van der Waals surface area contributed by atoms with Crippen LogP contribution < -0.4 is 15.2 Å². The maximum absolute atomic E-state index is 13.8. The Morgan fingerprint density at radius 1 is 1.06 bits per heavy atom. The van der Waals surface area contributed by atoms with E-state index in [2.05, 4.69) is 34.1 Å². The van der Waals surface area contributed by atoms with Gasteiger partial charge in [-0.25, -0.2) is 0 Å². The molecule has 2 aromatic heterocycles. The molecule has 2 aromatic carbocycles. The van der Waals surface area contributed by atoms with Gasteiger partial charge in [0.1, 0.15) is 17.1 Å². The van der Waals surface area contributed by atoms with E-state index in [1.807, 2.05) is 31.2 Å². The number of anilines is 1. The number of nitrogens with zero attached hydrogens (tertiary/aromatic N) is 3. The Balaban J connectivity index is 1.47. The van der Waals surface area contributed by atoms with Crippen LogP contribution >= 0.6 is 0 Å². The summed E-state index contributed by atoms with van der Waals surface area (Å²) in [5.74, 6) is 1.53. The smallest absolute Gasteiger partial charge is 0.278 e. The first-order chi connectivity index (χ1) is 17.1. The summed E-state index contributed by atoms with van der Waals surface area (Å²) in [5.41, 5.74) is 7.77. The molecule has 0 atom stereocenters. The van der Waals surface area contributed by atoms with Crippen molar-refractivity contribution in [2.24, 2.45) is 0 Å². The zero-order valence-corrected chi connectivity index (χ0v) is 20.5. The molecule has 6 rings (SSSR count). The van der Waals surface area contributed by atoms with Gasteiger partial charge in [0.25, 0.3) is 5.56 Å². The molecule has 0 spiro atoms. The summed E-state index contributed by atoms with van der Waals surface area (Å²) in [4.78, 5) is 19.8. The van der Waals surface area contributed by atoms with E-state index in [0.29, 0.717) is 12.3 Å². The molecule has 0 unspecified atom stereocenters. The summed E-state index contributed by atoms with van der Waals surface area (Å²) >= 11 is 0. The van der Waals surface area contributed by atoms with Crippen molar-refractivity contribution < 1.29 is 4.74 Å². The van der Waals surface area contributed by atoms with Crippen molar-refractivity contribution in [3.8, 4) is 17.0 Å². The van der Waals surface area contributed by atoms with Gasteiger partial charge < -0.3 is 14.6 Å². The number of fused-ring (bicyclic) bond motifs is 1. The number of aromatic amines is 1. The first kappa shape index (κ1) is 22.0. The first-order valence-corrected chi connectivity index (χ1v) is 12.8. The quantitative estimate of drug-likeness (QED) is 0.408. The molecule has 4 aromatic rings. The zero-order chi connectivity index (χ0) is 23.9. The normalized spacial score (nSPS) is 16.1. The van der Waals surface area contributed by atoms with Crippen LogP contribution in [0.4, 0.5) is 5.69 Å². The molecule has 1 N–H and O–H groups in total. The zero-order valence-electron chi connectivity index (χ0n) is 20.5. The van der Waals surface area contributed by atoms with Crippen LogP contribution in [0.1, 0.15) is 60.4 Å². The molecule has 1 saturated heterocycles. The van der Waals surface area contributed by atoms with Gasteiger partial charge in [-0.15, -0.1) is 0 Å². The summed E-state index contributed by atoms with van der Waals surface area (Å²) in [6.07, 6.45) is 6.56. The lowest BCUT2D eigenvalue weighted by molar-refractivity contribution is 0.409. The van der Waals surface area contributed by atoms with Gasteiger partial charge in [0, 0.05) is 36.3 Å². The highest BCUT2D eigenvalue weighted by Gasteiger charge is 2.28. The van der Waals surface area contributed by atoms with E-state index in [1.165, 1.54) is 24.8 Å². The Morgan fingerprint density at radius 3 is 2.54 bits per heavy atom. The molecule has 6 nitrogen and oxygen atoms in total. The lowest BCUT2D eigenvalue weighted by atomic mass is 10.00. The van der Waals surface area contributed by atoms with E-state index in [0.717, 1.165) is 71.1 Å². The summed E-state index contributed by atoms with van der Waals surface area (Å²) in [5, 5.41) is 4.90. The molecule has 6 heteroatoms. The van der Waals surface area contributed by atoms with Crippen LogP contribution in [0.2, 0.25) is 0 Å². The van der Waals surface area contributed by atoms with Crippen LogP contribution in [0.5, 0.6) is 5.75 Å². The summed E-state index contributed by atoms with van der Waals surface area (Å²) in [6.45, 7) is 3.98. The number of rotatable bonds is 6. The van der Waals surface area contributed by atoms with Crippen LogP contribution in [0.25, 0.3) is 16.9 Å². The molecule has 0 bridgehead atoms. The Morgan fingerprint density at radius 2 is 1.83 bits per heavy atom. The number of hydrogen-bond donors (Lipinski definition) is 1. The second-order valence-electron chi connectivity index (χ2n) is 9.93. The summed E-state index contributed by atoms with van der Waals surface area (Å²) in [6, 6.07) is 16.5. The Hall–Kier alpha value is -3.54. The monoisotopic (exact) mass is 468 g/mol. The Labute approximate surface area is 205 Å². The van der Waals surface area contributed by atoms with Crippen molar-refractivity contribution in [3.05, 3.63) is 81.3 Å². The van der Waals surface area contributed by atoms with Crippen molar-refractivity contribution in [2.45, 2.75) is 51.4 Å². The van der Waals surface area contributed by atoms with Gasteiger partial charge in [0.15, 0.2) is 5.65 Å². The third-order valence-corrected chi connectivity index (χ3v) is 7.48. The number of benzene rings is 2. The summed E-state index contributed by atoms with van der Waals surface area (Å²) in [7, 11) is 1.73. The minimum Gasteiger partial charge on any atom is -0.496 e. The number of piperidine rings is 1. The fourth-order valence-electron chi connectivity index (χ4n) is 5.44. The van der Waals surface area contributed by atoms with Crippen molar-refractivity contribution >= 4 is 11.3 Å². The molecule has 0 amide bonds. The molecule has 2 fully saturated rings. The average Bonchev–Trinajstić information content (AvgIpc) is 3.68. The van der Waals surface area contributed by atoms with Crippen molar-refractivity contribution in [1.29, 1.82) is 0 Å². The number of hydrogen-bond acceptors (Lipinski definition) is 4. The van der Waals surface area contributed by atoms with Gasteiger partial charge in [-0.1, -0.05) is 42.5 Å². The van der Waals surface area contributed by atoms with Crippen LogP contribution in [-0.2, 0) is 6.42 Å². The highest BCUT2D eigenvalue weighted by atomic mass is 16.5. The second-order valence-corrected chi connectivity index (χ2v) is 9.93. The van der Waals surface area contributed by atoms with Crippen molar-refractivity contribution in [3.63, 3.8) is 0 Å². The predicted octanol–water partition coefficient (Wildman–Crippen LogP) is 5.47. The first-order valence-electron chi connectivity index (χ1n) is 12.8. The fraction of sp³-hybridized carbons (Fsp3) is 0.379. The highest BCUT2D eigenvalue weighted by Crippen LogP contribution is 2.44. The van der Waals surface area contributed by atoms with E-state index >= 15 is 0 Å².